The quantitative estimate of drug-likeness (QED) is 0.586. The number of hydrogen-bond acceptors (Lipinski definition) is 1. The minimum Gasteiger partial charge on any atom is -0.330 e. The van der Waals surface area contributed by atoms with Crippen LogP contribution in [0.1, 0.15) is 20.3 Å². The van der Waals surface area contributed by atoms with Crippen LogP contribution in [0.5, 0.6) is 0 Å². The van der Waals surface area contributed by atoms with Crippen LogP contribution in [0.4, 0.5) is 0 Å². The highest BCUT2D eigenvalue weighted by Crippen LogP contribution is 2.20. The molecular weight excluding hydrogens is 122 g/mol. The molecule has 10 heavy (non-hydrogen) atoms. The van der Waals surface area contributed by atoms with E-state index in [1.807, 2.05) is 0 Å². The maximum Gasteiger partial charge on any atom is -0.00109 e. The van der Waals surface area contributed by atoms with Crippen molar-refractivity contribution in [3.63, 3.8) is 0 Å². The molecule has 0 fully saturated rings. The molecule has 1 atom stereocenters. The van der Waals surface area contributed by atoms with Crippen molar-refractivity contribution in [2.75, 3.05) is 6.54 Å². The molecule has 2 N–H and O–H groups in total. The zero-order chi connectivity index (χ0) is 7.56. The van der Waals surface area contributed by atoms with Crippen molar-refractivity contribution in [2.45, 2.75) is 20.3 Å². The van der Waals surface area contributed by atoms with Gasteiger partial charge in [-0.15, -0.1) is 0 Å². The molecule has 0 amide bonds. The van der Waals surface area contributed by atoms with Crippen LogP contribution < -0.4 is 5.73 Å². The Morgan fingerprint density at radius 1 is 1.60 bits per heavy atom. The highest BCUT2D eigenvalue weighted by atomic mass is 14.5. The summed E-state index contributed by atoms with van der Waals surface area (Å²) in [5, 5.41) is 0. The van der Waals surface area contributed by atoms with Crippen molar-refractivity contribution in [3.05, 3.63) is 23.3 Å². The van der Waals surface area contributed by atoms with E-state index in [1.54, 1.807) is 0 Å². The van der Waals surface area contributed by atoms with Gasteiger partial charge in [-0.25, -0.2) is 0 Å². The first-order chi connectivity index (χ1) is 4.72. The van der Waals surface area contributed by atoms with Crippen LogP contribution >= 0.6 is 0 Å². The Kier molecular flexibility index (Phi) is 2.28. The topological polar surface area (TPSA) is 26.0 Å². The highest BCUT2D eigenvalue weighted by molar-refractivity contribution is 5.26. The van der Waals surface area contributed by atoms with Gasteiger partial charge in [-0.3, -0.25) is 0 Å². The number of nitrogens with two attached hydrogens (primary N) is 1. The molecule has 0 aromatic rings. The van der Waals surface area contributed by atoms with Crippen molar-refractivity contribution >= 4 is 0 Å². The number of rotatable bonds is 1. The van der Waals surface area contributed by atoms with Gasteiger partial charge in [0.25, 0.3) is 0 Å². The summed E-state index contributed by atoms with van der Waals surface area (Å²) < 4.78 is 0. The molecule has 0 radical (unpaired) electrons. The van der Waals surface area contributed by atoms with E-state index in [0.717, 1.165) is 13.0 Å². The molecule has 1 unspecified atom stereocenters. The zero-order valence-corrected chi connectivity index (χ0v) is 6.72. The monoisotopic (exact) mass is 137 g/mol. The molecule has 0 saturated carbocycles. The molecular formula is C9H15N. The zero-order valence-electron chi connectivity index (χ0n) is 6.72. The summed E-state index contributed by atoms with van der Waals surface area (Å²) in [6.07, 6.45) is 5.63. The van der Waals surface area contributed by atoms with Crippen LogP contribution in [0.3, 0.4) is 0 Å². The van der Waals surface area contributed by atoms with Crippen LogP contribution in [0.2, 0.25) is 0 Å². The van der Waals surface area contributed by atoms with Crippen molar-refractivity contribution in [3.8, 4) is 0 Å². The first-order valence-corrected chi connectivity index (χ1v) is 3.78. The first kappa shape index (κ1) is 7.55. The molecule has 0 aromatic heterocycles. The van der Waals surface area contributed by atoms with E-state index in [1.165, 1.54) is 11.1 Å². The van der Waals surface area contributed by atoms with Gasteiger partial charge in [0.05, 0.1) is 0 Å². The Balaban J connectivity index is 2.67. The van der Waals surface area contributed by atoms with Crippen molar-refractivity contribution in [1.29, 1.82) is 0 Å². The van der Waals surface area contributed by atoms with Gasteiger partial charge in [0.2, 0.25) is 0 Å². The number of hydrogen-bond donors (Lipinski definition) is 1. The molecule has 0 aromatic carbocycles. The molecule has 0 aliphatic heterocycles. The fourth-order valence-electron chi connectivity index (χ4n) is 1.49. The van der Waals surface area contributed by atoms with Crippen LogP contribution in [0.25, 0.3) is 0 Å². The Hall–Kier alpha value is -0.560. The molecule has 1 aliphatic rings. The van der Waals surface area contributed by atoms with Crippen LogP contribution in [-0.2, 0) is 0 Å². The standard InChI is InChI=1S/C9H15N/c1-7-3-8(2)5-9(4-7)6-10/h3-4,9H,5-6,10H2,1-2H3. The van der Waals surface area contributed by atoms with Gasteiger partial charge in [0, 0.05) is 0 Å². The first-order valence-electron chi connectivity index (χ1n) is 3.78. The molecule has 1 heteroatoms. The number of allylic oxidation sites excluding steroid dienone is 3. The van der Waals surface area contributed by atoms with Crippen LogP contribution in [0, 0.1) is 5.92 Å². The Morgan fingerprint density at radius 3 is 2.80 bits per heavy atom. The Bertz CT molecular complexity index is 177. The summed E-state index contributed by atoms with van der Waals surface area (Å²) in [6, 6.07) is 0. The highest BCUT2D eigenvalue weighted by Gasteiger charge is 2.08. The van der Waals surface area contributed by atoms with Gasteiger partial charge in [0.1, 0.15) is 0 Å². The molecule has 1 nitrogen and oxygen atoms in total. The van der Waals surface area contributed by atoms with Crippen molar-refractivity contribution < 1.29 is 0 Å². The smallest absolute Gasteiger partial charge is 0.00109 e. The van der Waals surface area contributed by atoms with E-state index in [2.05, 4.69) is 26.0 Å². The summed E-state index contributed by atoms with van der Waals surface area (Å²) in [4.78, 5) is 0. The average molecular weight is 137 g/mol. The van der Waals surface area contributed by atoms with Gasteiger partial charge in [0.15, 0.2) is 0 Å². The second-order valence-corrected chi connectivity index (χ2v) is 3.10. The van der Waals surface area contributed by atoms with Crippen molar-refractivity contribution in [1.82, 2.24) is 0 Å². The van der Waals surface area contributed by atoms with Crippen LogP contribution in [-0.4, -0.2) is 6.54 Å². The summed E-state index contributed by atoms with van der Waals surface area (Å²) in [7, 11) is 0. The Morgan fingerprint density at radius 2 is 2.30 bits per heavy atom. The third-order valence-corrected chi connectivity index (χ3v) is 1.86. The Labute approximate surface area is 62.6 Å². The lowest BCUT2D eigenvalue weighted by molar-refractivity contribution is 0.642. The van der Waals surface area contributed by atoms with Gasteiger partial charge >= 0.3 is 0 Å². The van der Waals surface area contributed by atoms with Crippen LogP contribution in [0.15, 0.2) is 23.3 Å². The summed E-state index contributed by atoms with van der Waals surface area (Å²) in [5.41, 5.74) is 8.37. The maximum absolute atomic E-state index is 5.56. The fraction of sp³-hybridized carbons (Fsp3) is 0.556. The lowest BCUT2D eigenvalue weighted by Gasteiger charge is -2.16. The minimum absolute atomic E-state index is 0.588. The third kappa shape index (κ3) is 1.71. The molecule has 0 bridgehead atoms. The fourth-order valence-corrected chi connectivity index (χ4v) is 1.49. The molecule has 56 valence electrons. The molecule has 1 rings (SSSR count). The lowest BCUT2D eigenvalue weighted by atomic mass is 9.92. The van der Waals surface area contributed by atoms with E-state index in [4.69, 9.17) is 5.73 Å². The van der Waals surface area contributed by atoms with Gasteiger partial charge in [-0.05, 0) is 32.7 Å². The van der Waals surface area contributed by atoms with Crippen molar-refractivity contribution in [2.24, 2.45) is 11.7 Å². The lowest BCUT2D eigenvalue weighted by Crippen LogP contribution is -2.14. The minimum atomic E-state index is 0.588. The SMILES string of the molecule is CC1=CC(CN)CC(C)=C1. The second kappa shape index (κ2) is 3.02. The van der Waals surface area contributed by atoms with E-state index in [0.29, 0.717) is 5.92 Å². The predicted octanol–water partition coefficient (Wildman–Crippen LogP) is 1.86. The maximum atomic E-state index is 5.56. The van der Waals surface area contributed by atoms with E-state index >= 15 is 0 Å². The van der Waals surface area contributed by atoms with E-state index in [-0.39, 0.29) is 0 Å². The van der Waals surface area contributed by atoms with E-state index in [9.17, 15) is 0 Å². The van der Waals surface area contributed by atoms with E-state index < -0.39 is 0 Å². The molecule has 1 aliphatic carbocycles. The second-order valence-electron chi connectivity index (χ2n) is 3.10. The van der Waals surface area contributed by atoms with Gasteiger partial charge < -0.3 is 5.73 Å². The largest absolute Gasteiger partial charge is 0.330 e. The average Bonchev–Trinajstić information content (AvgIpc) is 1.85. The summed E-state index contributed by atoms with van der Waals surface area (Å²) in [5.74, 6) is 0.588. The van der Waals surface area contributed by atoms with Gasteiger partial charge in [-0.1, -0.05) is 23.3 Å². The molecule has 0 saturated heterocycles. The van der Waals surface area contributed by atoms with Gasteiger partial charge in [-0.2, -0.15) is 0 Å². The molecule has 0 spiro atoms. The predicted molar refractivity (Wildman–Crippen MR) is 44.7 cm³/mol. The normalized spacial score (nSPS) is 25.7. The summed E-state index contributed by atoms with van der Waals surface area (Å²) >= 11 is 0. The molecule has 0 heterocycles. The summed E-state index contributed by atoms with van der Waals surface area (Å²) in [6.45, 7) is 5.08. The third-order valence-electron chi connectivity index (χ3n) is 1.86.